The van der Waals surface area contributed by atoms with E-state index in [2.05, 4.69) is 4.98 Å². The van der Waals surface area contributed by atoms with Crippen LogP contribution in [0.4, 0.5) is 5.69 Å². The molecule has 2 aromatic carbocycles. The van der Waals surface area contributed by atoms with Crippen molar-refractivity contribution < 1.29 is 14.2 Å². The number of hydrogen-bond acceptors (Lipinski definition) is 5. The van der Waals surface area contributed by atoms with Gasteiger partial charge < -0.3 is 19.9 Å². The van der Waals surface area contributed by atoms with Gasteiger partial charge in [-0.3, -0.25) is 4.98 Å². The molecule has 1 heterocycles. The maximum absolute atomic E-state index is 6.03. The summed E-state index contributed by atoms with van der Waals surface area (Å²) >= 11 is 6.03. The molecule has 0 unspecified atom stereocenters. The average Bonchev–Trinajstić information content (AvgIpc) is 2.65. The average molecular weight is 361 g/mol. The Balaban J connectivity index is 0.00000109. The quantitative estimate of drug-likeness (QED) is 0.639. The fourth-order valence-corrected chi connectivity index (χ4v) is 2.41. The standard InChI is InChI=1S/C17H15ClN2O3.C2H6/c1-21-16-8-11-14(9-17(16)22-2)20-6-5-15(11)23-10-3-4-13(19)12(18)7-10;1-2/h3-9H,19H2,1-2H3;1-2H3. The summed E-state index contributed by atoms with van der Waals surface area (Å²) in [6.07, 6.45) is 1.67. The molecule has 132 valence electrons. The van der Waals surface area contributed by atoms with Crippen molar-refractivity contribution in [3.05, 3.63) is 47.6 Å². The van der Waals surface area contributed by atoms with E-state index in [0.29, 0.717) is 33.7 Å². The van der Waals surface area contributed by atoms with Crippen LogP contribution in [0.1, 0.15) is 13.8 Å². The Morgan fingerprint density at radius 3 is 2.24 bits per heavy atom. The van der Waals surface area contributed by atoms with Crippen LogP contribution < -0.4 is 19.9 Å². The molecule has 0 amide bonds. The first-order chi connectivity index (χ1) is 12.1. The number of aromatic nitrogens is 1. The largest absolute Gasteiger partial charge is 0.493 e. The summed E-state index contributed by atoms with van der Waals surface area (Å²) in [5, 5.41) is 1.25. The molecule has 0 fully saturated rings. The molecule has 6 heteroatoms. The Kier molecular flexibility index (Phi) is 6.31. The van der Waals surface area contributed by atoms with Crippen molar-refractivity contribution >= 4 is 28.2 Å². The third kappa shape index (κ3) is 4.06. The number of nitrogens with zero attached hydrogens (tertiary/aromatic N) is 1. The molecule has 3 aromatic rings. The minimum absolute atomic E-state index is 0.445. The number of halogens is 1. The Labute approximate surface area is 152 Å². The van der Waals surface area contributed by atoms with Crippen molar-refractivity contribution in [1.82, 2.24) is 4.98 Å². The minimum atomic E-state index is 0.445. The van der Waals surface area contributed by atoms with Gasteiger partial charge in [0.05, 0.1) is 30.4 Å². The first-order valence-electron chi connectivity index (χ1n) is 7.86. The van der Waals surface area contributed by atoms with Crippen LogP contribution in [0.25, 0.3) is 10.9 Å². The molecule has 5 nitrogen and oxygen atoms in total. The molecule has 1 aromatic heterocycles. The normalized spacial score (nSPS) is 9.96. The SMILES string of the molecule is CC.COc1cc2nccc(Oc3ccc(N)c(Cl)c3)c2cc1OC. The summed E-state index contributed by atoms with van der Waals surface area (Å²) in [6, 6.07) is 10.5. The van der Waals surface area contributed by atoms with E-state index in [1.807, 2.05) is 19.9 Å². The molecule has 2 N–H and O–H groups in total. The van der Waals surface area contributed by atoms with Crippen LogP contribution in [-0.2, 0) is 0 Å². The lowest BCUT2D eigenvalue weighted by Crippen LogP contribution is -1.93. The Hall–Kier alpha value is -2.66. The van der Waals surface area contributed by atoms with Gasteiger partial charge in [-0.25, -0.2) is 0 Å². The third-order valence-electron chi connectivity index (χ3n) is 3.41. The van der Waals surface area contributed by atoms with E-state index in [-0.39, 0.29) is 0 Å². The van der Waals surface area contributed by atoms with Gasteiger partial charge in [-0.1, -0.05) is 25.4 Å². The van der Waals surface area contributed by atoms with Crippen molar-refractivity contribution in [3.8, 4) is 23.0 Å². The van der Waals surface area contributed by atoms with Gasteiger partial charge in [-0.2, -0.15) is 0 Å². The summed E-state index contributed by atoms with van der Waals surface area (Å²) in [6.45, 7) is 4.00. The fourth-order valence-electron chi connectivity index (χ4n) is 2.23. The van der Waals surface area contributed by atoms with E-state index < -0.39 is 0 Å². The fraction of sp³-hybridized carbons (Fsp3) is 0.211. The zero-order valence-corrected chi connectivity index (χ0v) is 15.4. The number of anilines is 1. The molecule has 3 rings (SSSR count). The molecule has 0 atom stereocenters. The Bertz CT molecular complexity index is 869. The zero-order chi connectivity index (χ0) is 18.4. The predicted octanol–water partition coefficient (Wildman–Crippen LogP) is 5.31. The number of rotatable bonds is 4. The van der Waals surface area contributed by atoms with Gasteiger partial charge in [0.1, 0.15) is 11.5 Å². The highest BCUT2D eigenvalue weighted by Crippen LogP contribution is 2.37. The van der Waals surface area contributed by atoms with Gasteiger partial charge in [0.25, 0.3) is 0 Å². The van der Waals surface area contributed by atoms with Gasteiger partial charge in [0.15, 0.2) is 11.5 Å². The highest BCUT2D eigenvalue weighted by Gasteiger charge is 2.11. The lowest BCUT2D eigenvalue weighted by molar-refractivity contribution is 0.355. The van der Waals surface area contributed by atoms with E-state index in [0.717, 1.165) is 10.9 Å². The number of pyridine rings is 1. The molecular formula is C19H21ClN2O3. The highest BCUT2D eigenvalue weighted by atomic mass is 35.5. The van der Waals surface area contributed by atoms with E-state index in [9.17, 15) is 0 Å². The first-order valence-corrected chi connectivity index (χ1v) is 8.24. The third-order valence-corrected chi connectivity index (χ3v) is 3.73. The Morgan fingerprint density at radius 1 is 0.920 bits per heavy atom. The van der Waals surface area contributed by atoms with Crippen LogP contribution in [0.5, 0.6) is 23.0 Å². The smallest absolute Gasteiger partial charge is 0.162 e. The highest BCUT2D eigenvalue weighted by molar-refractivity contribution is 6.33. The van der Waals surface area contributed by atoms with Crippen molar-refractivity contribution in [1.29, 1.82) is 0 Å². The predicted molar refractivity (Wildman–Crippen MR) is 102 cm³/mol. The van der Waals surface area contributed by atoms with Gasteiger partial charge in [-0.05, 0) is 24.3 Å². The molecule has 0 saturated carbocycles. The molecule has 0 aliphatic carbocycles. The van der Waals surface area contributed by atoms with Crippen LogP contribution in [0, 0.1) is 0 Å². The topological polar surface area (TPSA) is 66.6 Å². The number of nitrogens with two attached hydrogens (primary N) is 1. The number of fused-ring (bicyclic) bond motifs is 1. The second kappa shape index (κ2) is 8.44. The molecule has 0 spiro atoms. The lowest BCUT2D eigenvalue weighted by Gasteiger charge is -2.12. The Morgan fingerprint density at radius 2 is 1.60 bits per heavy atom. The van der Waals surface area contributed by atoms with E-state index >= 15 is 0 Å². The lowest BCUT2D eigenvalue weighted by atomic mass is 10.2. The van der Waals surface area contributed by atoms with Gasteiger partial charge in [-0.15, -0.1) is 0 Å². The van der Waals surface area contributed by atoms with Crippen LogP contribution in [0.3, 0.4) is 0 Å². The van der Waals surface area contributed by atoms with Crippen molar-refractivity contribution in [2.75, 3.05) is 20.0 Å². The summed E-state index contributed by atoms with van der Waals surface area (Å²) in [5.74, 6) is 2.44. The molecule has 0 bridgehead atoms. The van der Waals surface area contributed by atoms with Crippen molar-refractivity contribution in [2.45, 2.75) is 13.8 Å². The first kappa shape index (κ1) is 18.7. The molecule has 0 aliphatic heterocycles. The van der Waals surface area contributed by atoms with Crippen molar-refractivity contribution in [3.63, 3.8) is 0 Å². The van der Waals surface area contributed by atoms with Crippen molar-refractivity contribution in [2.24, 2.45) is 0 Å². The van der Waals surface area contributed by atoms with E-state index in [4.69, 9.17) is 31.5 Å². The number of hydrogen-bond donors (Lipinski definition) is 1. The number of methoxy groups -OCH3 is 2. The van der Waals surface area contributed by atoms with Crippen LogP contribution in [-0.4, -0.2) is 19.2 Å². The summed E-state index contributed by atoms with van der Waals surface area (Å²) in [7, 11) is 3.17. The minimum Gasteiger partial charge on any atom is -0.493 e. The number of nitrogen functional groups attached to an aromatic ring is 1. The molecule has 25 heavy (non-hydrogen) atoms. The number of ether oxygens (including phenoxy) is 3. The van der Waals surface area contributed by atoms with Gasteiger partial charge in [0, 0.05) is 23.7 Å². The second-order valence-corrected chi connectivity index (χ2v) is 5.23. The van der Waals surface area contributed by atoms with E-state index in [1.54, 1.807) is 50.7 Å². The second-order valence-electron chi connectivity index (χ2n) is 4.82. The summed E-state index contributed by atoms with van der Waals surface area (Å²) < 4.78 is 16.6. The summed E-state index contributed by atoms with van der Waals surface area (Å²) in [5.41, 5.74) is 6.96. The maximum atomic E-state index is 6.03. The maximum Gasteiger partial charge on any atom is 0.162 e. The van der Waals surface area contributed by atoms with Crippen LogP contribution >= 0.6 is 11.6 Å². The monoisotopic (exact) mass is 360 g/mol. The molecule has 0 saturated heterocycles. The molecular weight excluding hydrogens is 340 g/mol. The molecule has 0 radical (unpaired) electrons. The van der Waals surface area contributed by atoms with E-state index in [1.165, 1.54) is 0 Å². The summed E-state index contributed by atoms with van der Waals surface area (Å²) in [4.78, 5) is 4.34. The zero-order valence-electron chi connectivity index (χ0n) is 14.7. The van der Waals surface area contributed by atoms with Gasteiger partial charge >= 0.3 is 0 Å². The molecule has 0 aliphatic rings. The van der Waals surface area contributed by atoms with Crippen LogP contribution in [0.2, 0.25) is 5.02 Å². The van der Waals surface area contributed by atoms with Gasteiger partial charge in [0.2, 0.25) is 0 Å². The van der Waals surface area contributed by atoms with Crippen LogP contribution in [0.15, 0.2) is 42.6 Å². The number of benzene rings is 2.